The number of hydrogen-bond donors (Lipinski definition) is 1. The number of rotatable bonds is 4. The van der Waals surface area contributed by atoms with Crippen molar-refractivity contribution in [2.45, 2.75) is 19.0 Å². The second kappa shape index (κ2) is 8.41. The van der Waals surface area contributed by atoms with E-state index in [4.69, 9.17) is 4.74 Å². The van der Waals surface area contributed by atoms with Crippen molar-refractivity contribution in [2.24, 2.45) is 5.92 Å². The van der Waals surface area contributed by atoms with Gasteiger partial charge in [0.1, 0.15) is 0 Å². The number of amides is 1. The summed E-state index contributed by atoms with van der Waals surface area (Å²) in [7, 11) is 1.54. The number of aromatic nitrogens is 2. The Balaban J connectivity index is 1.43. The van der Waals surface area contributed by atoms with Crippen molar-refractivity contribution in [3.8, 4) is 5.88 Å². The van der Waals surface area contributed by atoms with Crippen molar-refractivity contribution in [2.75, 3.05) is 30.4 Å². The smallest absolute Gasteiger partial charge is 0.416 e. The zero-order valence-corrected chi connectivity index (χ0v) is 16.8. The molecular formula is C22H21F3N4O2. The van der Waals surface area contributed by atoms with Gasteiger partial charge >= 0.3 is 6.18 Å². The van der Waals surface area contributed by atoms with Gasteiger partial charge in [0, 0.05) is 24.7 Å². The molecule has 4 rings (SSSR count). The van der Waals surface area contributed by atoms with Crippen LogP contribution in [0.3, 0.4) is 0 Å². The highest BCUT2D eigenvalue weighted by molar-refractivity contribution is 5.92. The van der Waals surface area contributed by atoms with Crippen LogP contribution < -0.4 is 15.0 Å². The summed E-state index contributed by atoms with van der Waals surface area (Å²) in [5.41, 5.74) is 0.840. The molecule has 0 spiro atoms. The first-order valence-corrected chi connectivity index (χ1v) is 9.89. The van der Waals surface area contributed by atoms with E-state index in [0.717, 1.165) is 23.2 Å². The van der Waals surface area contributed by atoms with Crippen LogP contribution >= 0.6 is 0 Å². The lowest BCUT2D eigenvalue weighted by Gasteiger charge is -2.32. The van der Waals surface area contributed by atoms with Crippen LogP contribution in [-0.2, 0) is 11.0 Å². The number of carbonyl (C=O) groups excluding carboxylic acids is 1. The third-order valence-corrected chi connectivity index (χ3v) is 5.34. The summed E-state index contributed by atoms with van der Waals surface area (Å²) in [4.78, 5) is 23.8. The minimum atomic E-state index is -4.45. The molecule has 0 saturated carbocycles. The summed E-state index contributed by atoms with van der Waals surface area (Å²) >= 11 is 0. The molecule has 2 aromatic carbocycles. The number of fused-ring (bicyclic) bond motifs is 1. The van der Waals surface area contributed by atoms with E-state index in [1.54, 1.807) is 0 Å². The fraction of sp³-hybridized carbons (Fsp3) is 0.318. The summed E-state index contributed by atoms with van der Waals surface area (Å²) in [5, 5.41) is 2.62. The maximum Gasteiger partial charge on any atom is 0.416 e. The lowest BCUT2D eigenvalue weighted by molar-refractivity contribution is -0.137. The molecule has 1 fully saturated rings. The van der Waals surface area contributed by atoms with E-state index >= 15 is 0 Å². The Kier molecular flexibility index (Phi) is 5.67. The summed E-state index contributed by atoms with van der Waals surface area (Å²) < 4.78 is 44.1. The predicted octanol–water partition coefficient (Wildman–Crippen LogP) is 4.51. The number of methoxy groups -OCH3 is 1. The number of piperidine rings is 1. The minimum absolute atomic E-state index is 0.143. The zero-order chi connectivity index (χ0) is 22.0. The van der Waals surface area contributed by atoms with Gasteiger partial charge in [0.15, 0.2) is 5.82 Å². The van der Waals surface area contributed by atoms with Gasteiger partial charge in [-0.3, -0.25) is 4.79 Å². The number of hydrogen-bond acceptors (Lipinski definition) is 5. The first-order valence-electron chi connectivity index (χ1n) is 9.89. The van der Waals surface area contributed by atoms with Crippen LogP contribution in [0.4, 0.5) is 24.7 Å². The Morgan fingerprint density at radius 2 is 1.74 bits per heavy atom. The van der Waals surface area contributed by atoms with E-state index in [1.807, 2.05) is 29.2 Å². The molecule has 0 bridgehead atoms. The quantitative estimate of drug-likeness (QED) is 0.660. The highest BCUT2D eigenvalue weighted by Gasteiger charge is 2.31. The normalized spacial score (nSPS) is 15.2. The van der Waals surface area contributed by atoms with Crippen LogP contribution in [0.1, 0.15) is 18.4 Å². The molecule has 1 aliphatic heterocycles. The van der Waals surface area contributed by atoms with Crippen molar-refractivity contribution in [3.05, 3.63) is 54.1 Å². The van der Waals surface area contributed by atoms with E-state index in [0.29, 0.717) is 37.6 Å². The second-order valence-corrected chi connectivity index (χ2v) is 7.37. The molecule has 1 amide bonds. The molecule has 0 unspecified atom stereocenters. The molecule has 6 nitrogen and oxygen atoms in total. The molecule has 0 radical (unpaired) electrons. The fourth-order valence-electron chi connectivity index (χ4n) is 3.69. The molecule has 0 aliphatic carbocycles. The highest BCUT2D eigenvalue weighted by Crippen LogP contribution is 2.32. The fourth-order valence-corrected chi connectivity index (χ4v) is 3.69. The lowest BCUT2D eigenvalue weighted by Crippen LogP contribution is -2.38. The largest absolute Gasteiger partial charge is 0.478 e. The van der Waals surface area contributed by atoms with E-state index in [2.05, 4.69) is 15.3 Å². The second-order valence-electron chi connectivity index (χ2n) is 7.37. The number of nitrogens with zero attached hydrogens (tertiary/aromatic N) is 3. The monoisotopic (exact) mass is 430 g/mol. The van der Waals surface area contributed by atoms with Gasteiger partial charge in [0.25, 0.3) is 5.88 Å². The molecule has 31 heavy (non-hydrogen) atoms. The minimum Gasteiger partial charge on any atom is -0.478 e. The average Bonchev–Trinajstić information content (AvgIpc) is 2.78. The molecule has 1 aromatic heterocycles. The van der Waals surface area contributed by atoms with Gasteiger partial charge in [-0.2, -0.15) is 13.2 Å². The van der Waals surface area contributed by atoms with Crippen LogP contribution in [0.5, 0.6) is 5.88 Å². The van der Waals surface area contributed by atoms with Crippen LogP contribution in [-0.4, -0.2) is 36.1 Å². The summed E-state index contributed by atoms with van der Waals surface area (Å²) in [6.07, 6.45) is -3.36. The number of nitrogens with one attached hydrogen (secondary N) is 1. The Hall–Kier alpha value is -3.36. The van der Waals surface area contributed by atoms with Crippen LogP contribution in [0.25, 0.3) is 11.0 Å². The molecule has 2 heterocycles. The van der Waals surface area contributed by atoms with Crippen LogP contribution in [0.15, 0.2) is 48.5 Å². The number of ether oxygens (including phenoxy) is 1. The SMILES string of the molecule is COc1nc2ccccc2nc1N1CCC(C(=O)Nc2cccc(C(F)(F)F)c2)CC1. The molecule has 3 aromatic rings. The molecule has 1 N–H and O–H groups in total. The Morgan fingerprint density at radius 3 is 2.39 bits per heavy atom. The third-order valence-electron chi connectivity index (χ3n) is 5.34. The van der Waals surface area contributed by atoms with Gasteiger partial charge in [-0.1, -0.05) is 18.2 Å². The first-order chi connectivity index (χ1) is 14.8. The maximum atomic E-state index is 12.9. The summed E-state index contributed by atoms with van der Waals surface area (Å²) in [6.45, 7) is 1.12. The van der Waals surface area contributed by atoms with Crippen molar-refractivity contribution in [3.63, 3.8) is 0 Å². The number of carbonyl (C=O) groups is 1. The predicted molar refractivity (Wildman–Crippen MR) is 111 cm³/mol. The van der Waals surface area contributed by atoms with E-state index in [-0.39, 0.29) is 17.5 Å². The molecular weight excluding hydrogens is 409 g/mol. The molecule has 162 valence electrons. The van der Waals surface area contributed by atoms with E-state index in [9.17, 15) is 18.0 Å². The van der Waals surface area contributed by atoms with Crippen LogP contribution in [0.2, 0.25) is 0 Å². The maximum absolute atomic E-state index is 12.9. The third kappa shape index (κ3) is 4.55. The molecule has 1 aliphatic rings. The number of benzene rings is 2. The van der Waals surface area contributed by atoms with Gasteiger partial charge < -0.3 is 15.0 Å². The van der Waals surface area contributed by atoms with E-state index < -0.39 is 11.7 Å². The topological polar surface area (TPSA) is 67.4 Å². The summed E-state index contributed by atoms with van der Waals surface area (Å²) in [6, 6.07) is 12.2. The standard InChI is InChI=1S/C22H21F3N4O2/c1-31-21-19(27-17-7-2-3-8-18(17)28-21)29-11-9-14(10-12-29)20(30)26-16-6-4-5-15(13-16)22(23,24)25/h2-8,13-14H,9-12H2,1H3,(H,26,30). The number of halogens is 3. The first kappa shape index (κ1) is 20.9. The Labute approximate surface area is 177 Å². The van der Waals surface area contributed by atoms with Gasteiger partial charge in [-0.15, -0.1) is 0 Å². The average molecular weight is 430 g/mol. The number of alkyl halides is 3. The van der Waals surface area contributed by atoms with Gasteiger partial charge in [-0.05, 0) is 43.2 Å². The Morgan fingerprint density at radius 1 is 1.06 bits per heavy atom. The van der Waals surface area contributed by atoms with Gasteiger partial charge in [0.05, 0.1) is 23.7 Å². The van der Waals surface area contributed by atoms with Crippen molar-refractivity contribution in [1.29, 1.82) is 0 Å². The summed E-state index contributed by atoms with van der Waals surface area (Å²) in [5.74, 6) is 0.462. The van der Waals surface area contributed by atoms with Gasteiger partial charge in [0.2, 0.25) is 5.91 Å². The van der Waals surface area contributed by atoms with Crippen molar-refractivity contribution < 1.29 is 22.7 Å². The number of anilines is 2. The lowest BCUT2D eigenvalue weighted by atomic mass is 9.95. The van der Waals surface area contributed by atoms with Crippen molar-refractivity contribution >= 4 is 28.4 Å². The number of para-hydroxylation sites is 2. The van der Waals surface area contributed by atoms with Crippen LogP contribution in [0, 0.1) is 5.92 Å². The van der Waals surface area contributed by atoms with Gasteiger partial charge in [-0.25, -0.2) is 9.97 Å². The Bertz CT molecular complexity index is 1100. The molecule has 9 heteroatoms. The molecule has 1 saturated heterocycles. The highest BCUT2D eigenvalue weighted by atomic mass is 19.4. The molecule has 0 atom stereocenters. The van der Waals surface area contributed by atoms with Crippen molar-refractivity contribution in [1.82, 2.24) is 9.97 Å². The zero-order valence-electron chi connectivity index (χ0n) is 16.8. The van der Waals surface area contributed by atoms with E-state index in [1.165, 1.54) is 19.2 Å².